The van der Waals surface area contributed by atoms with E-state index in [9.17, 15) is 13.2 Å². The number of nitrogens with zero attached hydrogens (tertiary/aromatic N) is 1. The van der Waals surface area contributed by atoms with Gasteiger partial charge in [0.15, 0.2) is 4.77 Å². The Kier molecular flexibility index (Phi) is 2.92. The molecule has 0 radical (unpaired) electrons. The minimum Gasteiger partial charge on any atom is -0.331 e. The van der Waals surface area contributed by atoms with Crippen molar-refractivity contribution in [1.29, 1.82) is 0 Å². The maximum absolute atomic E-state index is 12.7. The van der Waals surface area contributed by atoms with Crippen molar-refractivity contribution in [2.75, 3.05) is 0 Å². The van der Waals surface area contributed by atoms with Crippen molar-refractivity contribution in [3.05, 3.63) is 28.5 Å². The summed E-state index contributed by atoms with van der Waals surface area (Å²) >= 11 is 5.21. The highest BCUT2D eigenvalue weighted by atomic mass is 32.1. The third kappa shape index (κ3) is 2.29. The first-order valence-corrected chi connectivity index (χ1v) is 6.66. The highest BCUT2D eigenvalue weighted by Gasteiger charge is 2.31. The van der Waals surface area contributed by atoms with Crippen molar-refractivity contribution >= 4 is 23.3 Å². The molecule has 1 aliphatic rings. The highest BCUT2D eigenvalue weighted by molar-refractivity contribution is 7.71. The molecular weight excluding hydrogens is 273 g/mol. The Morgan fingerprint density at radius 1 is 1.32 bits per heavy atom. The van der Waals surface area contributed by atoms with Gasteiger partial charge in [0.25, 0.3) is 0 Å². The monoisotopic (exact) mass is 286 g/mol. The minimum absolute atomic E-state index is 0.458. The van der Waals surface area contributed by atoms with E-state index in [-0.39, 0.29) is 0 Å². The van der Waals surface area contributed by atoms with E-state index in [0.717, 1.165) is 24.2 Å². The second kappa shape index (κ2) is 4.37. The normalized spacial score (nSPS) is 16.8. The fraction of sp³-hybridized carbons (Fsp3) is 0.462. The summed E-state index contributed by atoms with van der Waals surface area (Å²) in [7, 11) is 0. The molecule has 19 heavy (non-hydrogen) atoms. The van der Waals surface area contributed by atoms with Gasteiger partial charge in [-0.15, -0.1) is 0 Å². The summed E-state index contributed by atoms with van der Waals surface area (Å²) in [5.74, 6) is 0.605. The zero-order valence-corrected chi connectivity index (χ0v) is 10.9. The van der Waals surface area contributed by atoms with Crippen LogP contribution in [0.25, 0.3) is 11.0 Å². The van der Waals surface area contributed by atoms with E-state index < -0.39 is 11.7 Å². The van der Waals surface area contributed by atoms with E-state index in [0.29, 0.717) is 16.2 Å². The Morgan fingerprint density at radius 3 is 2.63 bits per heavy atom. The molecule has 102 valence electrons. The number of rotatable bonds is 2. The molecule has 0 amide bonds. The van der Waals surface area contributed by atoms with E-state index in [2.05, 4.69) is 4.98 Å². The van der Waals surface area contributed by atoms with Gasteiger partial charge in [-0.05, 0) is 49.2 Å². The molecule has 0 aliphatic heterocycles. The zero-order chi connectivity index (χ0) is 13.6. The van der Waals surface area contributed by atoms with Crippen molar-refractivity contribution in [2.45, 2.75) is 32.0 Å². The van der Waals surface area contributed by atoms with Crippen LogP contribution in [0.4, 0.5) is 13.2 Å². The summed E-state index contributed by atoms with van der Waals surface area (Å²) in [6.45, 7) is 0.796. The summed E-state index contributed by atoms with van der Waals surface area (Å²) in [6, 6.07) is 3.74. The van der Waals surface area contributed by atoms with Crippen molar-refractivity contribution < 1.29 is 13.2 Å². The second-order valence-electron chi connectivity index (χ2n) is 5.07. The molecule has 1 heterocycles. The number of alkyl halides is 3. The van der Waals surface area contributed by atoms with E-state index in [4.69, 9.17) is 12.2 Å². The molecule has 1 aromatic heterocycles. The Labute approximate surface area is 113 Å². The number of fused-ring (bicyclic) bond motifs is 1. The molecule has 1 aromatic carbocycles. The zero-order valence-electron chi connectivity index (χ0n) is 10.1. The number of hydrogen-bond donors (Lipinski definition) is 1. The van der Waals surface area contributed by atoms with Crippen LogP contribution in [0.1, 0.15) is 24.8 Å². The van der Waals surface area contributed by atoms with Gasteiger partial charge in [0, 0.05) is 6.54 Å². The number of H-pyrrole nitrogens is 1. The lowest BCUT2D eigenvalue weighted by atomic mass is 9.85. The van der Waals surface area contributed by atoms with Crippen LogP contribution in [0.3, 0.4) is 0 Å². The first-order chi connectivity index (χ1) is 8.95. The minimum atomic E-state index is -4.32. The van der Waals surface area contributed by atoms with Gasteiger partial charge in [-0.3, -0.25) is 0 Å². The van der Waals surface area contributed by atoms with Gasteiger partial charge in [-0.25, -0.2) is 0 Å². The predicted octanol–water partition coefficient (Wildman–Crippen LogP) is 4.52. The van der Waals surface area contributed by atoms with Crippen LogP contribution in [0.2, 0.25) is 0 Å². The Balaban J connectivity index is 2.04. The molecule has 6 heteroatoms. The molecule has 0 spiro atoms. The van der Waals surface area contributed by atoms with Gasteiger partial charge in [0.05, 0.1) is 16.6 Å². The summed E-state index contributed by atoms with van der Waals surface area (Å²) in [4.78, 5) is 2.87. The lowest BCUT2D eigenvalue weighted by molar-refractivity contribution is -0.137. The highest BCUT2D eigenvalue weighted by Crippen LogP contribution is 2.33. The van der Waals surface area contributed by atoms with Crippen LogP contribution >= 0.6 is 12.2 Å². The summed E-state index contributed by atoms with van der Waals surface area (Å²) in [5.41, 5.74) is 0.566. The van der Waals surface area contributed by atoms with Gasteiger partial charge in [-0.2, -0.15) is 13.2 Å². The summed E-state index contributed by atoms with van der Waals surface area (Å²) in [5, 5.41) is 0. The maximum Gasteiger partial charge on any atom is 0.416 e. The van der Waals surface area contributed by atoms with Crippen LogP contribution in [-0.4, -0.2) is 9.55 Å². The van der Waals surface area contributed by atoms with Crippen molar-refractivity contribution in [3.8, 4) is 0 Å². The standard InChI is InChI=1S/C13H13F3N2S/c14-13(15,16)9-4-5-11-10(6-9)17-12(19)18(11)7-8-2-1-3-8/h4-6,8H,1-3,7H2,(H,17,19). The van der Waals surface area contributed by atoms with E-state index in [1.165, 1.54) is 25.3 Å². The molecule has 0 atom stereocenters. The van der Waals surface area contributed by atoms with Crippen LogP contribution in [0.15, 0.2) is 18.2 Å². The first-order valence-electron chi connectivity index (χ1n) is 6.25. The number of hydrogen-bond acceptors (Lipinski definition) is 1. The molecule has 0 unspecified atom stereocenters. The number of aromatic amines is 1. The lowest BCUT2D eigenvalue weighted by Gasteiger charge is -2.25. The molecular formula is C13H13F3N2S. The van der Waals surface area contributed by atoms with Gasteiger partial charge < -0.3 is 9.55 Å². The number of imidazole rings is 1. The molecule has 1 N–H and O–H groups in total. The van der Waals surface area contributed by atoms with Crippen molar-refractivity contribution in [3.63, 3.8) is 0 Å². The summed E-state index contributed by atoms with van der Waals surface area (Å²) < 4.78 is 40.4. The molecule has 2 aromatic rings. The maximum atomic E-state index is 12.7. The molecule has 0 bridgehead atoms. The Hall–Kier alpha value is -1.30. The average Bonchev–Trinajstić information content (AvgIpc) is 2.57. The van der Waals surface area contributed by atoms with Gasteiger partial charge >= 0.3 is 6.18 Å². The van der Waals surface area contributed by atoms with Gasteiger partial charge in [-0.1, -0.05) is 6.42 Å². The van der Waals surface area contributed by atoms with Crippen molar-refractivity contribution in [1.82, 2.24) is 9.55 Å². The average molecular weight is 286 g/mol. The first kappa shape index (κ1) is 12.7. The molecule has 1 aliphatic carbocycles. The number of aromatic nitrogens is 2. The number of nitrogens with one attached hydrogen (secondary N) is 1. The topological polar surface area (TPSA) is 20.7 Å². The molecule has 1 saturated carbocycles. The smallest absolute Gasteiger partial charge is 0.331 e. The SMILES string of the molecule is FC(F)(F)c1ccc2c(c1)[nH]c(=S)n2CC1CCC1. The lowest BCUT2D eigenvalue weighted by Crippen LogP contribution is -2.18. The number of benzene rings is 1. The second-order valence-corrected chi connectivity index (χ2v) is 5.45. The fourth-order valence-electron chi connectivity index (χ4n) is 2.45. The quantitative estimate of drug-likeness (QED) is 0.805. The molecule has 0 saturated heterocycles. The predicted molar refractivity (Wildman–Crippen MR) is 69.5 cm³/mol. The number of halogens is 3. The third-order valence-electron chi connectivity index (χ3n) is 3.77. The molecule has 3 rings (SSSR count). The van der Waals surface area contributed by atoms with Crippen molar-refractivity contribution in [2.24, 2.45) is 5.92 Å². The largest absolute Gasteiger partial charge is 0.416 e. The van der Waals surface area contributed by atoms with Crippen LogP contribution < -0.4 is 0 Å². The van der Waals surface area contributed by atoms with Gasteiger partial charge in [0.1, 0.15) is 0 Å². The van der Waals surface area contributed by atoms with E-state index in [1.807, 2.05) is 4.57 Å². The van der Waals surface area contributed by atoms with E-state index in [1.54, 1.807) is 0 Å². The summed E-state index contributed by atoms with van der Waals surface area (Å²) in [6.07, 6.45) is -0.734. The molecule has 2 nitrogen and oxygen atoms in total. The third-order valence-corrected chi connectivity index (χ3v) is 4.09. The van der Waals surface area contributed by atoms with Gasteiger partial charge in [0.2, 0.25) is 0 Å². The fourth-order valence-corrected chi connectivity index (χ4v) is 2.74. The van der Waals surface area contributed by atoms with Crippen LogP contribution in [0.5, 0.6) is 0 Å². The Morgan fingerprint density at radius 2 is 2.05 bits per heavy atom. The molecule has 1 fully saturated rings. The van der Waals surface area contributed by atoms with Crippen LogP contribution in [-0.2, 0) is 12.7 Å². The van der Waals surface area contributed by atoms with E-state index >= 15 is 0 Å². The Bertz CT molecular complexity index is 665. The van der Waals surface area contributed by atoms with Crippen LogP contribution in [0, 0.1) is 10.7 Å².